The lowest BCUT2D eigenvalue weighted by molar-refractivity contribution is -0.206. The number of morpholine rings is 1. The molecule has 1 atom stereocenters. The Labute approximate surface area is 262 Å². The quantitative estimate of drug-likeness (QED) is 0.242. The van der Waals surface area contributed by atoms with Gasteiger partial charge in [0.05, 0.1) is 31.7 Å². The zero-order valence-corrected chi connectivity index (χ0v) is 25.9. The smallest absolute Gasteiger partial charge is 0.347 e. The molecule has 0 N–H and O–H groups in total. The van der Waals surface area contributed by atoms with Crippen LogP contribution in [0.3, 0.4) is 0 Å². The van der Waals surface area contributed by atoms with Gasteiger partial charge in [-0.1, -0.05) is 25.0 Å². The molecule has 11 nitrogen and oxygen atoms in total. The molecule has 0 unspecified atom stereocenters. The van der Waals surface area contributed by atoms with E-state index in [1.165, 1.54) is 0 Å². The van der Waals surface area contributed by atoms with Crippen molar-refractivity contribution in [1.29, 1.82) is 0 Å². The van der Waals surface area contributed by atoms with Crippen molar-refractivity contribution >= 4 is 28.1 Å². The third-order valence-corrected chi connectivity index (χ3v) is 8.54. The first-order valence-electron chi connectivity index (χ1n) is 15.8. The Kier molecular flexibility index (Phi) is 9.37. The molecule has 236 valence electrons. The second-order valence-corrected chi connectivity index (χ2v) is 11.6. The molecule has 0 bridgehead atoms. The molecule has 6 rings (SSSR count). The summed E-state index contributed by atoms with van der Waals surface area (Å²) in [6.45, 7) is 7.48. The fraction of sp³-hybridized carbons (Fsp3) is 0.441. The molecule has 0 radical (unpaired) electrons. The van der Waals surface area contributed by atoms with Crippen molar-refractivity contribution < 1.29 is 19.1 Å². The zero-order valence-electron chi connectivity index (χ0n) is 25.9. The molecule has 2 aromatic heterocycles. The lowest BCUT2D eigenvalue weighted by atomic mass is 10.0. The Morgan fingerprint density at radius 2 is 1.73 bits per heavy atom. The lowest BCUT2D eigenvalue weighted by Crippen LogP contribution is -2.53. The molecule has 0 spiro atoms. The number of fused-ring (bicyclic) bond motifs is 1. The van der Waals surface area contributed by atoms with E-state index in [0.717, 1.165) is 60.8 Å². The highest BCUT2D eigenvalue weighted by Crippen LogP contribution is 2.31. The average Bonchev–Trinajstić information content (AvgIpc) is 3.34. The van der Waals surface area contributed by atoms with Gasteiger partial charge in [0.1, 0.15) is 23.2 Å². The second-order valence-electron chi connectivity index (χ2n) is 11.6. The fourth-order valence-corrected chi connectivity index (χ4v) is 6.20. The minimum absolute atomic E-state index is 0.269. The number of hydrogen-bond donors (Lipinski definition) is 0. The molecule has 11 heteroatoms. The maximum absolute atomic E-state index is 13.8. The predicted octanol–water partition coefficient (Wildman–Crippen LogP) is 3.93. The third kappa shape index (κ3) is 6.69. The average molecular weight is 614 g/mol. The molecule has 4 aromatic rings. The van der Waals surface area contributed by atoms with Gasteiger partial charge >= 0.3 is 5.97 Å². The van der Waals surface area contributed by atoms with Gasteiger partial charge in [0.15, 0.2) is 0 Å². The maximum atomic E-state index is 13.8. The standard InChI is InChI=1S/C34H39N5O6/c1-3-39(30-29(31(40)32(30)41)37-14-6-4-5-7-15-37)28(34(42)45-38-16-18-43-19-17-38)21-24-8-10-26(11-9-24)44-33-27-22-35-13-12-25(27)20-23(2)36-33/h8-13,20,22,28H,3-7,14-19,21H2,1-2H3/t28-/m0/s1. The maximum Gasteiger partial charge on any atom is 0.347 e. The molecular weight excluding hydrogens is 574 g/mol. The minimum Gasteiger partial charge on any atom is -0.438 e. The van der Waals surface area contributed by atoms with E-state index in [9.17, 15) is 14.4 Å². The molecule has 2 aliphatic rings. The number of benzene rings is 1. The summed E-state index contributed by atoms with van der Waals surface area (Å²) in [6, 6.07) is 10.5. The highest BCUT2D eigenvalue weighted by Gasteiger charge is 2.37. The summed E-state index contributed by atoms with van der Waals surface area (Å²) >= 11 is 0. The van der Waals surface area contributed by atoms with Gasteiger partial charge in [-0.05, 0) is 61.9 Å². The van der Waals surface area contributed by atoms with Crippen LogP contribution in [0.25, 0.3) is 10.8 Å². The number of aryl methyl sites for hydroxylation is 1. The van der Waals surface area contributed by atoms with Crippen molar-refractivity contribution in [3.05, 3.63) is 80.5 Å². The molecule has 2 saturated heterocycles. The minimum atomic E-state index is -0.827. The summed E-state index contributed by atoms with van der Waals surface area (Å²) < 4.78 is 11.6. The van der Waals surface area contributed by atoms with Crippen molar-refractivity contribution in [3.63, 3.8) is 0 Å². The van der Waals surface area contributed by atoms with Gasteiger partial charge in [-0.2, -0.15) is 0 Å². The molecule has 45 heavy (non-hydrogen) atoms. The Hall–Kier alpha value is -4.35. The number of anilines is 2. The number of hydrogen-bond acceptors (Lipinski definition) is 11. The van der Waals surface area contributed by atoms with Crippen molar-refractivity contribution in [2.45, 2.75) is 52.0 Å². The largest absolute Gasteiger partial charge is 0.438 e. The Morgan fingerprint density at radius 1 is 1.00 bits per heavy atom. The summed E-state index contributed by atoms with van der Waals surface area (Å²) in [5.74, 6) is 0.584. The van der Waals surface area contributed by atoms with E-state index in [1.807, 2.05) is 55.1 Å². The van der Waals surface area contributed by atoms with Gasteiger partial charge in [0, 0.05) is 44.1 Å². The van der Waals surface area contributed by atoms with Gasteiger partial charge in [-0.15, -0.1) is 5.06 Å². The van der Waals surface area contributed by atoms with Crippen molar-refractivity contribution in [1.82, 2.24) is 15.0 Å². The van der Waals surface area contributed by atoms with Gasteiger partial charge in [0.2, 0.25) is 5.88 Å². The molecule has 2 aliphatic heterocycles. The van der Waals surface area contributed by atoms with Gasteiger partial charge < -0.3 is 24.1 Å². The van der Waals surface area contributed by atoms with E-state index in [-0.39, 0.29) is 6.42 Å². The fourth-order valence-electron chi connectivity index (χ4n) is 6.20. The number of rotatable bonds is 10. The molecule has 4 heterocycles. The summed E-state index contributed by atoms with van der Waals surface area (Å²) in [6.07, 6.45) is 7.86. The van der Waals surface area contributed by atoms with Crippen LogP contribution in [0.1, 0.15) is 43.9 Å². The monoisotopic (exact) mass is 613 g/mol. The van der Waals surface area contributed by atoms with E-state index in [2.05, 4.69) is 9.97 Å². The first-order chi connectivity index (χ1) is 21.9. The zero-order chi connectivity index (χ0) is 31.3. The van der Waals surface area contributed by atoms with E-state index in [4.69, 9.17) is 14.3 Å². The molecule has 2 aromatic carbocycles. The summed E-state index contributed by atoms with van der Waals surface area (Å²) in [7, 11) is 0. The normalized spacial score (nSPS) is 16.8. The van der Waals surface area contributed by atoms with Gasteiger partial charge in [-0.25, -0.2) is 9.78 Å². The third-order valence-electron chi connectivity index (χ3n) is 8.54. The topological polar surface area (TPSA) is 114 Å². The first-order valence-corrected chi connectivity index (χ1v) is 15.8. The number of ether oxygens (including phenoxy) is 2. The Morgan fingerprint density at radius 3 is 2.44 bits per heavy atom. The van der Waals surface area contributed by atoms with Crippen LogP contribution in [0.2, 0.25) is 0 Å². The van der Waals surface area contributed by atoms with Crippen LogP contribution in [0.4, 0.5) is 11.4 Å². The molecule has 0 amide bonds. The molecule has 0 saturated carbocycles. The van der Waals surface area contributed by atoms with Crippen molar-refractivity contribution in [2.24, 2.45) is 0 Å². The van der Waals surface area contributed by atoms with Gasteiger partial charge in [0.25, 0.3) is 10.9 Å². The highest BCUT2D eigenvalue weighted by atomic mass is 16.7. The van der Waals surface area contributed by atoms with Crippen LogP contribution in [0.15, 0.2) is 58.4 Å². The highest BCUT2D eigenvalue weighted by molar-refractivity contribution is 5.87. The SMILES string of the molecule is CCN(c1c(N2CCCCCC2)c(=O)c1=O)[C@@H](Cc1ccc(Oc2nc(C)cc3ccncc23)cc1)C(=O)ON1CCOCC1. The van der Waals surface area contributed by atoms with E-state index in [0.29, 0.717) is 55.9 Å². The number of nitrogens with zero attached hydrogens (tertiary/aromatic N) is 5. The van der Waals surface area contributed by atoms with E-state index < -0.39 is 22.9 Å². The molecular formula is C34H39N5O6. The number of likely N-dealkylation sites (N-methyl/N-ethyl adjacent to an activating group) is 1. The van der Waals surface area contributed by atoms with Crippen LogP contribution in [0, 0.1) is 6.92 Å². The number of pyridine rings is 2. The van der Waals surface area contributed by atoms with E-state index >= 15 is 0 Å². The summed E-state index contributed by atoms with van der Waals surface area (Å²) in [4.78, 5) is 58.3. The van der Waals surface area contributed by atoms with Crippen LogP contribution < -0.4 is 25.4 Å². The van der Waals surface area contributed by atoms with Crippen LogP contribution in [-0.4, -0.2) is 73.0 Å². The summed E-state index contributed by atoms with van der Waals surface area (Å²) in [5, 5.41) is 3.41. The van der Waals surface area contributed by atoms with Crippen molar-refractivity contribution in [3.8, 4) is 11.6 Å². The molecule has 2 fully saturated rings. The number of aromatic nitrogens is 2. The number of carbonyl (C=O) groups excluding carboxylic acids is 1. The number of hydroxylamine groups is 2. The van der Waals surface area contributed by atoms with Crippen molar-refractivity contribution in [2.75, 3.05) is 55.7 Å². The summed E-state index contributed by atoms with van der Waals surface area (Å²) in [5.41, 5.74) is 1.42. The van der Waals surface area contributed by atoms with Crippen LogP contribution in [-0.2, 0) is 20.8 Å². The first kappa shape index (κ1) is 30.7. The lowest BCUT2D eigenvalue weighted by Gasteiger charge is -2.36. The second kappa shape index (κ2) is 13.7. The predicted molar refractivity (Wildman–Crippen MR) is 172 cm³/mol. The van der Waals surface area contributed by atoms with Crippen LogP contribution in [0.5, 0.6) is 11.6 Å². The molecule has 0 aliphatic carbocycles. The Bertz CT molecular complexity index is 1700. The van der Waals surface area contributed by atoms with Crippen LogP contribution >= 0.6 is 0 Å². The Balaban J connectivity index is 1.27. The number of carbonyl (C=O) groups is 1. The van der Waals surface area contributed by atoms with E-state index in [1.54, 1.807) is 22.4 Å². The van der Waals surface area contributed by atoms with Gasteiger partial charge in [-0.3, -0.25) is 14.6 Å².